The highest BCUT2D eigenvalue weighted by molar-refractivity contribution is 7.91. The number of aryl methyl sites for hydroxylation is 4. The summed E-state index contributed by atoms with van der Waals surface area (Å²) in [5.74, 6) is 0.652. The SMILES string of the molecule is Cc1oc2c(C)c3oc(=O)c(CCC(=O)N[C@@H]4CCS(=O)(=O)C4)c(C)c3cc2c1C. The molecule has 0 spiro atoms. The molecule has 1 N–H and O–H groups in total. The molecule has 3 aromatic rings. The molecule has 2 aromatic heterocycles. The summed E-state index contributed by atoms with van der Waals surface area (Å²) < 4.78 is 34.6. The summed E-state index contributed by atoms with van der Waals surface area (Å²) >= 11 is 0. The van der Waals surface area contributed by atoms with Crippen molar-refractivity contribution < 1.29 is 22.0 Å². The number of furan rings is 1. The van der Waals surface area contributed by atoms with Crippen LogP contribution in [0.25, 0.3) is 21.9 Å². The minimum atomic E-state index is -3.06. The Balaban J connectivity index is 1.63. The van der Waals surface area contributed by atoms with Crippen molar-refractivity contribution in [2.75, 3.05) is 11.5 Å². The number of hydrogen-bond donors (Lipinski definition) is 1. The van der Waals surface area contributed by atoms with Gasteiger partial charge < -0.3 is 14.2 Å². The zero-order valence-electron chi connectivity index (χ0n) is 17.5. The van der Waals surface area contributed by atoms with Gasteiger partial charge in [-0.05, 0) is 57.7 Å². The number of sulfone groups is 1. The first kappa shape index (κ1) is 20.7. The monoisotopic (exact) mass is 431 g/mol. The Morgan fingerprint density at radius 3 is 2.40 bits per heavy atom. The average Bonchev–Trinajstić information content (AvgIpc) is 3.15. The van der Waals surface area contributed by atoms with Crippen LogP contribution in [-0.2, 0) is 21.1 Å². The minimum absolute atomic E-state index is 0.0192. The van der Waals surface area contributed by atoms with E-state index in [2.05, 4.69) is 5.32 Å². The Labute approximate surface area is 174 Å². The molecule has 0 unspecified atom stereocenters. The predicted octanol–water partition coefficient (Wildman–Crippen LogP) is 3.01. The van der Waals surface area contributed by atoms with Gasteiger partial charge in [-0.25, -0.2) is 13.2 Å². The molecule has 1 fully saturated rings. The van der Waals surface area contributed by atoms with Crippen LogP contribution < -0.4 is 10.9 Å². The van der Waals surface area contributed by atoms with Crippen LogP contribution in [0.15, 0.2) is 19.7 Å². The first-order chi connectivity index (χ1) is 14.1. The van der Waals surface area contributed by atoms with Crippen LogP contribution in [0.1, 0.15) is 40.9 Å². The zero-order valence-corrected chi connectivity index (χ0v) is 18.4. The molecule has 8 heteroatoms. The van der Waals surface area contributed by atoms with Crippen molar-refractivity contribution >= 4 is 37.7 Å². The molecule has 7 nitrogen and oxygen atoms in total. The second kappa shape index (κ2) is 7.27. The summed E-state index contributed by atoms with van der Waals surface area (Å²) in [4.78, 5) is 24.9. The highest BCUT2D eigenvalue weighted by Gasteiger charge is 2.29. The molecule has 4 rings (SSSR count). The van der Waals surface area contributed by atoms with E-state index in [1.807, 2.05) is 33.8 Å². The van der Waals surface area contributed by atoms with E-state index < -0.39 is 15.5 Å². The van der Waals surface area contributed by atoms with Crippen LogP contribution >= 0.6 is 0 Å². The number of fused-ring (bicyclic) bond motifs is 2. The van der Waals surface area contributed by atoms with Gasteiger partial charge >= 0.3 is 5.63 Å². The molecular weight excluding hydrogens is 406 g/mol. The fraction of sp³-hybridized carbons (Fsp3) is 0.455. The summed E-state index contributed by atoms with van der Waals surface area (Å²) in [6, 6.07) is 1.63. The number of nitrogens with one attached hydrogen (secondary N) is 1. The van der Waals surface area contributed by atoms with Crippen LogP contribution in [0.5, 0.6) is 0 Å². The van der Waals surface area contributed by atoms with Crippen LogP contribution in [0, 0.1) is 27.7 Å². The summed E-state index contributed by atoms with van der Waals surface area (Å²) in [7, 11) is -3.06. The lowest BCUT2D eigenvalue weighted by Crippen LogP contribution is -2.35. The van der Waals surface area contributed by atoms with Crippen molar-refractivity contribution in [2.45, 2.75) is 53.0 Å². The predicted molar refractivity (Wildman–Crippen MR) is 115 cm³/mol. The van der Waals surface area contributed by atoms with E-state index in [0.717, 1.165) is 38.8 Å². The summed E-state index contributed by atoms with van der Waals surface area (Å²) in [6.07, 6.45) is 0.762. The Morgan fingerprint density at radius 1 is 1.07 bits per heavy atom. The van der Waals surface area contributed by atoms with Crippen LogP contribution in [0.3, 0.4) is 0 Å². The van der Waals surface area contributed by atoms with Crippen molar-refractivity contribution in [1.29, 1.82) is 0 Å². The molecule has 0 radical (unpaired) electrons. The van der Waals surface area contributed by atoms with Gasteiger partial charge in [0, 0.05) is 34.4 Å². The second-order valence-electron chi connectivity index (χ2n) is 8.20. The maximum Gasteiger partial charge on any atom is 0.339 e. The molecule has 0 saturated carbocycles. The molecule has 1 aliphatic heterocycles. The topological polar surface area (TPSA) is 107 Å². The van der Waals surface area contributed by atoms with E-state index >= 15 is 0 Å². The van der Waals surface area contributed by atoms with Gasteiger partial charge in [-0.2, -0.15) is 0 Å². The molecule has 1 aliphatic rings. The third kappa shape index (κ3) is 3.53. The van der Waals surface area contributed by atoms with E-state index in [-0.39, 0.29) is 36.3 Å². The second-order valence-corrected chi connectivity index (χ2v) is 10.4. The Hall–Kier alpha value is -2.61. The molecule has 30 heavy (non-hydrogen) atoms. The number of carbonyl (C=O) groups is 1. The maximum atomic E-state index is 12.6. The van der Waals surface area contributed by atoms with Crippen molar-refractivity contribution in [2.24, 2.45) is 0 Å². The molecular formula is C22H25NO6S. The minimum Gasteiger partial charge on any atom is -0.461 e. The van der Waals surface area contributed by atoms with Gasteiger partial charge in [0.1, 0.15) is 16.9 Å². The van der Waals surface area contributed by atoms with E-state index in [0.29, 0.717) is 17.6 Å². The number of hydrogen-bond acceptors (Lipinski definition) is 6. The van der Waals surface area contributed by atoms with Gasteiger partial charge in [0.25, 0.3) is 0 Å². The summed E-state index contributed by atoms with van der Waals surface area (Å²) in [5.41, 5.74) is 3.85. The Bertz CT molecular complexity index is 1350. The standard InChI is InChI=1S/C22H25NO6S/c1-11-14(4)28-20-13(3)21-18(9-17(11)20)12(2)16(22(25)29-21)5-6-19(24)23-15-7-8-30(26,27)10-15/h9,15H,5-8,10H2,1-4H3,(H,23,24)/t15-/m1/s1. The van der Waals surface area contributed by atoms with E-state index in [1.54, 1.807) is 0 Å². The van der Waals surface area contributed by atoms with E-state index in [1.165, 1.54) is 0 Å². The molecule has 1 aromatic carbocycles. The van der Waals surface area contributed by atoms with Crippen LogP contribution in [-0.4, -0.2) is 31.9 Å². The Morgan fingerprint density at radius 2 is 1.73 bits per heavy atom. The number of benzene rings is 1. The lowest BCUT2D eigenvalue weighted by atomic mass is 9.98. The average molecular weight is 432 g/mol. The molecule has 160 valence electrons. The van der Waals surface area contributed by atoms with Gasteiger partial charge in [-0.1, -0.05) is 0 Å². The molecule has 1 saturated heterocycles. The highest BCUT2D eigenvalue weighted by Crippen LogP contribution is 2.34. The summed E-state index contributed by atoms with van der Waals surface area (Å²) in [6.45, 7) is 7.64. The molecule has 0 bridgehead atoms. The zero-order chi connectivity index (χ0) is 21.8. The molecule has 1 atom stereocenters. The van der Waals surface area contributed by atoms with E-state index in [9.17, 15) is 18.0 Å². The van der Waals surface area contributed by atoms with Gasteiger partial charge in [0.15, 0.2) is 9.84 Å². The highest BCUT2D eigenvalue weighted by atomic mass is 32.2. The van der Waals surface area contributed by atoms with Crippen molar-refractivity contribution in [3.63, 3.8) is 0 Å². The largest absolute Gasteiger partial charge is 0.461 e. The smallest absolute Gasteiger partial charge is 0.339 e. The van der Waals surface area contributed by atoms with E-state index in [4.69, 9.17) is 8.83 Å². The van der Waals surface area contributed by atoms with Crippen LogP contribution in [0.4, 0.5) is 0 Å². The first-order valence-corrected chi connectivity index (χ1v) is 11.8. The summed E-state index contributed by atoms with van der Waals surface area (Å²) in [5, 5.41) is 4.58. The third-order valence-electron chi connectivity index (χ3n) is 6.14. The maximum absolute atomic E-state index is 12.6. The van der Waals surface area contributed by atoms with Crippen molar-refractivity contribution in [3.8, 4) is 0 Å². The molecule has 0 aliphatic carbocycles. The Kier molecular flexibility index (Phi) is 5.00. The van der Waals surface area contributed by atoms with Gasteiger partial charge in [-0.3, -0.25) is 4.79 Å². The fourth-order valence-corrected chi connectivity index (χ4v) is 5.90. The number of rotatable bonds is 4. The number of amides is 1. The molecule has 1 amide bonds. The number of carbonyl (C=O) groups excluding carboxylic acids is 1. The van der Waals surface area contributed by atoms with Crippen molar-refractivity contribution in [3.05, 3.63) is 44.5 Å². The fourth-order valence-electron chi connectivity index (χ4n) is 4.23. The first-order valence-electron chi connectivity index (χ1n) is 10.0. The molecule has 3 heterocycles. The van der Waals surface area contributed by atoms with Crippen LogP contribution in [0.2, 0.25) is 0 Å². The lowest BCUT2D eigenvalue weighted by Gasteiger charge is -2.12. The van der Waals surface area contributed by atoms with Gasteiger partial charge in [0.05, 0.1) is 11.5 Å². The van der Waals surface area contributed by atoms with Gasteiger partial charge in [-0.15, -0.1) is 0 Å². The quantitative estimate of drug-likeness (QED) is 0.637. The lowest BCUT2D eigenvalue weighted by molar-refractivity contribution is -0.121. The van der Waals surface area contributed by atoms with Crippen molar-refractivity contribution in [1.82, 2.24) is 5.32 Å². The normalized spacial score (nSPS) is 18.3. The van der Waals surface area contributed by atoms with Gasteiger partial charge in [0.2, 0.25) is 5.91 Å². The third-order valence-corrected chi connectivity index (χ3v) is 7.91.